The van der Waals surface area contributed by atoms with Gasteiger partial charge in [0.05, 0.1) is 0 Å². The van der Waals surface area contributed by atoms with Gasteiger partial charge in [0.2, 0.25) is 0 Å². The van der Waals surface area contributed by atoms with Gasteiger partial charge >= 0.3 is 0 Å². The van der Waals surface area contributed by atoms with Crippen LogP contribution in [0.5, 0.6) is 0 Å². The van der Waals surface area contributed by atoms with Crippen molar-refractivity contribution in [3.63, 3.8) is 0 Å². The summed E-state index contributed by atoms with van der Waals surface area (Å²) in [5.74, 6) is 0. The molecule has 0 radical (unpaired) electrons. The Morgan fingerprint density at radius 1 is 1.67 bits per heavy atom. The third-order valence-corrected chi connectivity index (χ3v) is 0.358. The molecule has 0 aromatic heterocycles. The highest BCUT2D eigenvalue weighted by Gasteiger charge is 1.79. The van der Waals surface area contributed by atoms with Crippen molar-refractivity contribution in [1.82, 2.24) is 0 Å². The summed E-state index contributed by atoms with van der Waals surface area (Å²) in [7, 11) is 1.67. The molecular formula is C3H5BF2. The largest absolute Gasteiger partial charge is 0.265 e. The topological polar surface area (TPSA) is 0 Å². The lowest BCUT2D eigenvalue weighted by molar-refractivity contribution is 0.420. The summed E-state index contributed by atoms with van der Waals surface area (Å²) >= 11 is 0. The van der Waals surface area contributed by atoms with E-state index in [1.807, 2.05) is 0 Å². The fraction of sp³-hybridized carbons (Fsp3) is 0.333. The molecule has 0 nitrogen and oxygen atoms in total. The number of hydrogen-bond donors (Lipinski definition) is 0. The molecule has 0 heterocycles. The zero-order valence-electron chi connectivity index (χ0n) is 3.54. The van der Waals surface area contributed by atoms with Crippen LogP contribution in [-0.2, 0) is 0 Å². The average Bonchev–Trinajstić information content (AvgIpc) is 1.35. The van der Waals surface area contributed by atoms with Crippen molar-refractivity contribution in [3.05, 3.63) is 12.2 Å². The Labute approximate surface area is 36.3 Å². The molecule has 6 heavy (non-hydrogen) atoms. The summed E-state index contributed by atoms with van der Waals surface area (Å²) in [6.07, 6.45) is -0.292. The third kappa shape index (κ3) is 3.66. The van der Waals surface area contributed by atoms with Crippen LogP contribution < -0.4 is 0 Å². The van der Waals surface area contributed by atoms with Gasteiger partial charge in [-0.25, -0.2) is 0 Å². The van der Waals surface area contributed by atoms with Gasteiger partial charge in [-0.05, 0) is 6.08 Å². The van der Waals surface area contributed by atoms with E-state index >= 15 is 0 Å². The predicted molar refractivity (Wildman–Crippen MR) is 23.6 cm³/mol. The van der Waals surface area contributed by atoms with Crippen molar-refractivity contribution in [3.8, 4) is 0 Å². The van der Waals surface area contributed by atoms with Gasteiger partial charge in [-0.3, -0.25) is 0 Å². The lowest BCUT2D eigenvalue weighted by atomic mass is 10.1. The predicted octanol–water partition coefficient (Wildman–Crippen LogP) is 0.818. The highest BCUT2D eigenvalue weighted by molar-refractivity contribution is 6.09. The number of halogens is 2. The third-order valence-electron chi connectivity index (χ3n) is 0.358. The van der Waals surface area contributed by atoms with E-state index in [0.717, 1.165) is 6.08 Å². The highest BCUT2D eigenvalue weighted by Crippen LogP contribution is 1.95. The Hall–Kier alpha value is -0.335. The second kappa shape index (κ2) is 2.88. The van der Waals surface area contributed by atoms with Crippen molar-refractivity contribution < 1.29 is 8.78 Å². The van der Waals surface area contributed by atoms with E-state index in [-0.39, 0.29) is 0 Å². The van der Waals surface area contributed by atoms with E-state index in [4.69, 9.17) is 0 Å². The monoisotopic (exact) mass is 90.0 g/mol. The normalized spacial score (nSPS) is 7.67. The first-order valence-corrected chi connectivity index (χ1v) is 1.78. The number of allylic oxidation sites excluding steroid dienone is 1. The van der Waals surface area contributed by atoms with Crippen LogP contribution in [-0.4, -0.2) is 7.85 Å². The second-order valence-corrected chi connectivity index (χ2v) is 0.902. The Balaban J connectivity index is 3.14. The van der Waals surface area contributed by atoms with Gasteiger partial charge in [0, 0.05) is 0 Å². The SMILES string of the molecule is BCC=C(F)F. The molecule has 0 unspecified atom stereocenters. The Morgan fingerprint density at radius 3 is 2.17 bits per heavy atom. The van der Waals surface area contributed by atoms with Gasteiger partial charge in [0.25, 0.3) is 6.08 Å². The maximum absolute atomic E-state index is 10.9. The van der Waals surface area contributed by atoms with Crippen LogP contribution in [0.3, 0.4) is 0 Å². The average molecular weight is 89.9 g/mol. The molecule has 0 saturated heterocycles. The summed E-state index contributed by atoms with van der Waals surface area (Å²) in [5, 5.41) is 0. The van der Waals surface area contributed by atoms with Crippen LogP contribution in [0.15, 0.2) is 12.2 Å². The first-order valence-electron chi connectivity index (χ1n) is 1.78. The maximum atomic E-state index is 10.9. The van der Waals surface area contributed by atoms with Gasteiger partial charge in [0.15, 0.2) is 0 Å². The summed E-state index contributed by atoms with van der Waals surface area (Å²) in [6.45, 7) is 0. The molecule has 0 bridgehead atoms. The molecule has 0 atom stereocenters. The molecule has 3 heteroatoms. The molecule has 0 fully saturated rings. The van der Waals surface area contributed by atoms with Crippen LogP contribution >= 0.6 is 0 Å². The molecule has 0 aliphatic carbocycles. The van der Waals surface area contributed by atoms with Gasteiger partial charge in [-0.2, -0.15) is 8.78 Å². The number of hydrogen-bond acceptors (Lipinski definition) is 0. The van der Waals surface area contributed by atoms with Gasteiger partial charge < -0.3 is 0 Å². The van der Waals surface area contributed by atoms with Crippen LogP contribution in [0, 0.1) is 0 Å². The maximum Gasteiger partial charge on any atom is 0.265 e. The minimum Gasteiger partial charge on any atom is -0.174 e. The molecule has 34 valence electrons. The quantitative estimate of drug-likeness (QED) is 0.418. The second-order valence-electron chi connectivity index (χ2n) is 0.902. The van der Waals surface area contributed by atoms with E-state index in [1.54, 1.807) is 7.85 Å². The van der Waals surface area contributed by atoms with Gasteiger partial charge in [-0.15, -0.1) is 0 Å². The Kier molecular flexibility index (Phi) is 2.72. The first-order chi connectivity index (χ1) is 2.77. The first kappa shape index (κ1) is 5.66. The molecule has 0 aromatic carbocycles. The van der Waals surface area contributed by atoms with Crippen LogP contribution in [0.2, 0.25) is 6.32 Å². The minimum atomic E-state index is -1.59. The molecule has 0 rings (SSSR count). The van der Waals surface area contributed by atoms with Gasteiger partial charge in [0.1, 0.15) is 7.85 Å². The summed E-state index contributed by atoms with van der Waals surface area (Å²) in [5.41, 5.74) is 0. The van der Waals surface area contributed by atoms with E-state index in [0.29, 0.717) is 6.32 Å². The smallest absolute Gasteiger partial charge is 0.174 e. The molecule has 0 amide bonds. The van der Waals surface area contributed by atoms with E-state index in [9.17, 15) is 8.78 Å². The highest BCUT2D eigenvalue weighted by atomic mass is 19.3. The van der Waals surface area contributed by atoms with Gasteiger partial charge in [-0.1, -0.05) is 6.32 Å². The lowest BCUT2D eigenvalue weighted by Gasteiger charge is -1.70. The van der Waals surface area contributed by atoms with Crippen LogP contribution in [0.4, 0.5) is 8.78 Å². The summed E-state index contributed by atoms with van der Waals surface area (Å²) in [4.78, 5) is 0. The standard InChI is InChI=1S/C3H5BF2/c4-2-1-3(5)6/h1H,2,4H2. The van der Waals surface area contributed by atoms with Crippen molar-refractivity contribution >= 4 is 7.85 Å². The zero-order chi connectivity index (χ0) is 4.99. The molecule has 0 saturated carbocycles. The lowest BCUT2D eigenvalue weighted by Crippen LogP contribution is -1.58. The molecule has 0 aliphatic rings. The molecule has 0 aromatic rings. The Morgan fingerprint density at radius 2 is 2.17 bits per heavy atom. The number of rotatable bonds is 1. The molecule has 0 N–H and O–H groups in total. The fourth-order valence-corrected chi connectivity index (χ4v) is 0.154. The summed E-state index contributed by atoms with van der Waals surface area (Å²) in [6, 6.07) is 0. The molecular weight excluding hydrogens is 84.8 g/mol. The molecule has 0 spiro atoms. The minimum absolute atomic E-state index is 0.419. The van der Waals surface area contributed by atoms with E-state index in [2.05, 4.69) is 0 Å². The zero-order valence-corrected chi connectivity index (χ0v) is 3.54. The van der Waals surface area contributed by atoms with Crippen LogP contribution in [0.1, 0.15) is 0 Å². The van der Waals surface area contributed by atoms with Crippen molar-refractivity contribution in [2.24, 2.45) is 0 Å². The molecule has 0 aliphatic heterocycles. The van der Waals surface area contributed by atoms with E-state index in [1.165, 1.54) is 0 Å². The Bertz CT molecular complexity index is 55.8. The van der Waals surface area contributed by atoms with Crippen molar-refractivity contribution in [1.29, 1.82) is 0 Å². The van der Waals surface area contributed by atoms with E-state index < -0.39 is 6.08 Å². The van der Waals surface area contributed by atoms with Crippen molar-refractivity contribution in [2.45, 2.75) is 6.32 Å². The van der Waals surface area contributed by atoms with Crippen LogP contribution in [0.25, 0.3) is 0 Å². The summed E-state index contributed by atoms with van der Waals surface area (Å²) < 4.78 is 21.8. The fourth-order valence-electron chi connectivity index (χ4n) is 0.154. The van der Waals surface area contributed by atoms with Crippen molar-refractivity contribution in [2.75, 3.05) is 0 Å².